The number of aromatic nitrogens is 3. The Labute approximate surface area is 139 Å². The van der Waals surface area contributed by atoms with E-state index < -0.39 is 0 Å². The molecule has 4 rings (SSSR count). The van der Waals surface area contributed by atoms with Gasteiger partial charge in [-0.15, -0.1) is 0 Å². The third kappa shape index (κ3) is 2.33. The van der Waals surface area contributed by atoms with Crippen molar-refractivity contribution in [2.45, 2.75) is 6.54 Å². The van der Waals surface area contributed by atoms with Crippen molar-refractivity contribution in [1.29, 1.82) is 0 Å². The molecule has 0 amide bonds. The summed E-state index contributed by atoms with van der Waals surface area (Å²) in [5, 5.41) is 1.73. The van der Waals surface area contributed by atoms with E-state index in [1.54, 1.807) is 17.1 Å². The predicted octanol–water partition coefficient (Wildman–Crippen LogP) is 3.45. The first-order chi connectivity index (χ1) is 11.8. The van der Waals surface area contributed by atoms with E-state index in [0.717, 1.165) is 27.6 Å². The number of benzene rings is 2. The fraction of sp³-hybridized carbons (Fsp3) is 0.100. The van der Waals surface area contributed by atoms with E-state index in [2.05, 4.69) is 17.1 Å². The van der Waals surface area contributed by atoms with Crippen molar-refractivity contribution < 1.29 is 0 Å². The summed E-state index contributed by atoms with van der Waals surface area (Å²) < 4.78 is 3.74. The highest BCUT2D eigenvalue weighted by atomic mass is 16.1. The third-order valence-corrected chi connectivity index (χ3v) is 4.38. The maximum absolute atomic E-state index is 12.8. The number of imidazole rings is 1. The summed E-state index contributed by atoms with van der Waals surface area (Å²) in [5.74, 6) is 0. The molecule has 118 valence electrons. The van der Waals surface area contributed by atoms with E-state index in [1.165, 1.54) is 0 Å². The molecule has 4 nitrogen and oxygen atoms in total. The van der Waals surface area contributed by atoms with Gasteiger partial charge in [0.1, 0.15) is 0 Å². The van der Waals surface area contributed by atoms with Crippen LogP contribution in [0.25, 0.3) is 21.9 Å². The van der Waals surface area contributed by atoms with Crippen LogP contribution in [0.1, 0.15) is 5.69 Å². The minimum Gasteiger partial charge on any atom is -0.332 e. The molecule has 2 aromatic carbocycles. The first-order valence-corrected chi connectivity index (χ1v) is 7.87. The van der Waals surface area contributed by atoms with E-state index in [-0.39, 0.29) is 5.56 Å². The Hall–Kier alpha value is -3.14. The fourth-order valence-corrected chi connectivity index (χ4v) is 3.18. The summed E-state index contributed by atoms with van der Waals surface area (Å²) in [7, 11) is 1.84. The van der Waals surface area contributed by atoms with E-state index >= 15 is 0 Å². The zero-order valence-electron chi connectivity index (χ0n) is 13.4. The Kier molecular flexibility index (Phi) is 3.50. The maximum Gasteiger partial charge on any atom is 0.258 e. The van der Waals surface area contributed by atoms with Crippen LogP contribution < -0.4 is 5.56 Å². The second-order valence-electron chi connectivity index (χ2n) is 5.83. The zero-order chi connectivity index (χ0) is 16.5. The number of hydrogen-bond acceptors (Lipinski definition) is 2. The van der Waals surface area contributed by atoms with Crippen molar-refractivity contribution in [2.24, 2.45) is 7.05 Å². The standard InChI is InChI=1S/C20H17N3O/c1-22-18(13-23-12-11-21-14-23)19(15-7-3-2-4-8-15)16-9-5-6-10-17(16)20(22)24/h2-12,14H,13H2,1H3. The molecular formula is C20H17N3O. The first kappa shape index (κ1) is 14.5. The smallest absolute Gasteiger partial charge is 0.258 e. The number of rotatable bonds is 3. The minimum atomic E-state index is 0.0281. The second kappa shape index (κ2) is 5.81. The molecule has 0 fully saturated rings. The van der Waals surface area contributed by atoms with Crippen LogP contribution in [0.2, 0.25) is 0 Å². The van der Waals surface area contributed by atoms with Gasteiger partial charge in [-0.2, -0.15) is 0 Å². The molecule has 24 heavy (non-hydrogen) atoms. The normalized spacial score (nSPS) is 11.0. The first-order valence-electron chi connectivity index (χ1n) is 7.87. The molecular weight excluding hydrogens is 298 g/mol. The molecule has 0 unspecified atom stereocenters. The summed E-state index contributed by atoms with van der Waals surface area (Å²) in [4.78, 5) is 16.9. The Morgan fingerprint density at radius 2 is 1.67 bits per heavy atom. The van der Waals surface area contributed by atoms with Crippen LogP contribution >= 0.6 is 0 Å². The predicted molar refractivity (Wildman–Crippen MR) is 96.0 cm³/mol. The Morgan fingerprint density at radius 1 is 0.958 bits per heavy atom. The lowest BCUT2D eigenvalue weighted by molar-refractivity contribution is 0.704. The summed E-state index contributed by atoms with van der Waals surface area (Å²) >= 11 is 0. The highest BCUT2D eigenvalue weighted by Crippen LogP contribution is 2.30. The van der Waals surface area contributed by atoms with Gasteiger partial charge >= 0.3 is 0 Å². The SMILES string of the molecule is Cn1c(Cn2ccnc2)c(-c2ccccc2)c2ccccc2c1=O. The van der Waals surface area contributed by atoms with Crippen LogP contribution in [0.15, 0.2) is 78.1 Å². The molecule has 2 aromatic heterocycles. The number of hydrogen-bond donors (Lipinski definition) is 0. The minimum absolute atomic E-state index is 0.0281. The molecule has 0 N–H and O–H groups in total. The van der Waals surface area contributed by atoms with Crippen LogP contribution in [-0.2, 0) is 13.6 Å². The molecule has 0 saturated heterocycles. The van der Waals surface area contributed by atoms with E-state index in [4.69, 9.17) is 0 Å². The van der Waals surface area contributed by atoms with Crippen LogP contribution in [0.5, 0.6) is 0 Å². The fourth-order valence-electron chi connectivity index (χ4n) is 3.18. The Morgan fingerprint density at radius 3 is 2.38 bits per heavy atom. The van der Waals surface area contributed by atoms with Gasteiger partial charge in [0.15, 0.2) is 0 Å². The van der Waals surface area contributed by atoms with Gasteiger partial charge in [-0.3, -0.25) is 4.79 Å². The molecule has 0 aliphatic carbocycles. The Bertz CT molecular complexity index is 1050. The van der Waals surface area contributed by atoms with E-state index in [0.29, 0.717) is 6.54 Å². The van der Waals surface area contributed by atoms with Gasteiger partial charge in [-0.25, -0.2) is 4.98 Å². The highest BCUT2D eigenvalue weighted by Gasteiger charge is 2.16. The van der Waals surface area contributed by atoms with Crippen LogP contribution in [-0.4, -0.2) is 14.1 Å². The molecule has 0 bridgehead atoms. The lowest BCUT2D eigenvalue weighted by Crippen LogP contribution is -2.23. The van der Waals surface area contributed by atoms with Gasteiger partial charge in [0.25, 0.3) is 5.56 Å². The number of pyridine rings is 1. The van der Waals surface area contributed by atoms with Crippen molar-refractivity contribution in [3.63, 3.8) is 0 Å². The Balaban J connectivity index is 2.09. The lowest BCUT2D eigenvalue weighted by Gasteiger charge is -2.18. The van der Waals surface area contributed by atoms with Gasteiger partial charge in [0, 0.05) is 36.1 Å². The molecule has 2 heterocycles. The second-order valence-corrected chi connectivity index (χ2v) is 5.83. The number of fused-ring (bicyclic) bond motifs is 1. The molecule has 4 aromatic rings. The number of nitrogens with zero attached hydrogens (tertiary/aromatic N) is 3. The summed E-state index contributed by atoms with van der Waals surface area (Å²) in [6.45, 7) is 0.598. The van der Waals surface area contributed by atoms with Gasteiger partial charge in [-0.1, -0.05) is 48.5 Å². The van der Waals surface area contributed by atoms with Crippen molar-refractivity contribution in [3.8, 4) is 11.1 Å². The van der Waals surface area contributed by atoms with Crippen molar-refractivity contribution in [1.82, 2.24) is 14.1 Å². The quantitative estimate of drug-likeness (QED) is 0.581. The van der Waals surface area contributed by atoms with Gasteiger partial charge in [-0.05, 0) is 17.0 Å². The van der Waals surface area contributed by atoms with Crippen molar-refractivity contribution >= 4 is 10.8 Å². The highest BCUT2D eigenvalue weighted by molar-refractivity contribution is 5.97. The molecule has 0 aliphatic rings. The van der Waals surface area contributed by atoms with Crippen molar-refractivity contribution in [3.05, 3.63) is 89.4 Å². The average Bonchev–Trinajstić information content (AvgIpc) is 3.14. The van der Waals surface area contributed by atoms with Crippen molar-refractivity contribution in [2.75, 3.05) is 0 Å². The largest absolute Gasteiger partial charge is 0.332 e. The molecule has 0 aliphatic heterocycles. The molecule has 0 saturated carbocycles. The molecule has 0 atom stereocenters. The van der Waals surface area contributed by atoms with Crippen LogP contribution in [0.3, 0.4) is 0 Å². The molecule has 4 heteroatoms. The van der Waals surface area contributed by atoms with Crippen LogP contribution in [0.4, 0.5) is 0 Å². The lowest BCUT2D eigenvalue weighted by atomic mass is 9.96. The summed E-state index contributed by atoms with van der Waals surface area (Å²) in [6, 6.07) is 18.0. The van der Waals surface area contributed by atoms with Gasteiger partial charge < -0.3 is 9.13 Å². The monoisotopic (exact) mass is 315 g/mol. The van der Waals surface area contributed by atoms with Gasteiger partial charge in [0.2, 0.25) is 0 Å². The van der Waals surface area contributed by atoms with Crippen LogP contribution in [0, 0.1) is 0 Å². The topological polar surface area (TPSA) is 39.8 Å². The summed E-state index contributed by atoms with van der Waals surface area (Å²) in [6.07, 6.45) is 5.43. The maximum atomic E-state index is 12.8. The third-order valence-electron chi connectivity index (χ3n) is 4.38. The molecule has 0 spiro atoms. The summed E-state index contributed by atoms with van der Waals surface area (Å²) in [5.41, 5.74) is 3.21. The zero-order valence-corrected chi connectivity index (χ0v) is 13.4. The van der Waals surface area contributed by atoms with E-state index in [9.17, 15) is 4.79 Å². The van der Waals surface area contributed by atoms with E-state index in [1.807, 2.05) is 60.3 Å². The molecule has 0 radical (unpaired) electrons. The van der Waals surface area contributed by atoms with Gasteiger partial charge in [0.05, 0.1) is 12.9 Å². The average molecular weight is 315 g/mol.